The van der Waals surface area contributed by atoms with Gasteiger partial charge in [-0.1, -0.05) is 91.0 Å². The molecule has 0 amide bonds. The van der Waals surface area contributed by atoms with Gasteiger partial charge in [0.2, 0.25) is 0 Å². The van der Waals surface area contributed by atoms with E-state index in [-0.39, 0.29) is 16.7 Å². The minimum Gasteiger partial charge on any atom is -0.496 e. The molecule has 0 bridgehead atoms. The summed E-state index contributed by atoms with van der Waals surface area (Å²) in [7, 11) is 2.94. The van der Waals surface area contributed by atoms with Crippen LogP contribution in [-0.4, -0.2) is 66.9 Å². The van der Waals surface area contributed by atoms with Crippen molar-refractivity contribution in [1.82, 2.24) is 0 Å². The second-order valence-corrected chi connectivity index (χ2v) is 13.5. The van der Waals surface area contributed by atoms with E-state index in [0.29, 0.717) is 56.2 Å². The molecule has 6 aromatic rings. The third kappa shape index (κ3) is 8.99. The zero-order valence-corrected chi connectivity index (χ0v) is 32.3. The molecule has 0 aromatic heterocycles. The first-order valence-electron chi connectivity index (χ1n) is 18.6. The molecule has 59 heavy (non-hydrogen) atoms. The van der Waals surface area contributed by atoms with Gasteiger partial charge < -0.3 is 33.9 Å². The molecule has 0 aliphatic carbocycles. The van der Waals surface area contributed by atoms with Crippen LogP contribution in [0.5, 0.6) is 17.2 Å². The first-order valence-corrected chi connectivity index (χ1v) is 18.6. The highest BCUT2D eigenvalue weighted by atomic mass is 16.6. The molecule has 0 saturated carbocycles. The van der Waals surface area contributed by atoms with Gasteiger partial charge in [0, 0.05) is 16.2 Å². The summed E-state index contributed by atoms with van der Waals surface area (Å²) in [5.41, 5.74) is 0.764. The van der Waals surface area contributed by atoms with Crippen molar-refractivity contribution in [2.24, 2.45) is 0 Å². The maximum absolute atomic E-state index is 14.3. The second kappa shape index (κ2) is 18.3. The van der Waals surface area contributed by atoms with Crippen molar-refractivity contribution in [2.75, 3.05) is 20.8 Å². The highest BCUT2D eigenvalue weighted by Gasteiger charge is 2.36. The van der Waals surface area contributed by atoms with E-state index in [4.69, 9.17) is 23.7 Å². The third-order valence-electron chi connectivity index (χ3n) is 10.0. The predicted molar refractivity (Wildman–Crippen MR) is 216 cm³/mol. The monoisotopic (exact) mass is 800 g/mol. The van der Waals surface area contributed by atoms with E-state index in [0.717, 1.165) is 0 Å². The van der Waals surface area contributed by atoms with Crippen molar-refractivity contribution in [3.05, 3.63) is 126 Å². The molecular formula is C46H40O13. The molecule has 0 spiro atoms. The summed E-state index contributed by atoms with van der Waals surface area (Å²) in [5.74, 6) is -10.5. The molecule has 3 atom stereocenters. The standard InChI is InChI=1S/C46H40O13/c1-4-57-40-22-19-31(28-13-7-10-16-34(28)40)37(46(54)59-45(53)36(24-42(49)50)30-18-21-39(56-3)33-15-9-6-12-27(30)33)25-43(51)58-44(52)35(23-41(47)48)29-17-20-38(55-2)32-14-8-5-11-26(29)32/h5-22,35-37H,4,23-25H2,1-3H3,(H,47,48)(H,49,50). The van der Waals surface area contributed by atoms with Gasteiger partial charge in [0.05, 0.1) is 57.8 Å². The first kappa shape index (κ1) is 41.4. The summed E-state index contributed by atoms with van der Waals surface area (Å²) in [6.45, 7) is 2.12. The third-order valence-corrected chi connectivity index (χ3v) is 10.0. The molecule has 3 unspecified atom stereocenters. The number of ether oxygens (including phenoxy) is 5. The van der Waals surface area contributed by atoms with Gasteiger partial charge in [-0.3, -0.25) is 28.8 Å². The molecule has 6 rings (SSSR count). The van der Waals surface area contributed by atoms with Crippen molar-refractivity contribution in [3.63, 3.8) is 0 Å². The number of carbonyl (C=O) groups excluding carboxylic acids is 4. The summed E-state index contributed by atoms with van der Waals surface area (Å²) < 4.78 is 27.5. The van der Waals surface area contributed by atoms with Crippen molar-refractivity contribution >= 4 is 68.1 Å². The summed E-state index contributed by atoms with van der Waals surface area (Å²) in [6, 6.07) is 30.0. The van der Waals surface area contributed by atoms with Crippen LogP contribution in [0.1, 0.15) is 60.6 Å². The summed E-state index contributed by atoms with van der Waals surface area (Å²) in [5, 5.41) is 22.9. The second-order valence-electron chi connectivity index (χ2n) is 13.5. The average molecular weight is 801 g/mol. The van der Waals surface area contributed by atoms with Gasteiger partial charge in [-0.15, -0.1) is 0 Å². The Morgan fingerprint density at radius 2 is 0.797 bits per heavy atom. The van der Waals surface area contributed by atoms with Crippen molar-refractivity contribution < 1.29 is 62.7 Å². The largest absolute Gasteiger partial charge is 0.496 e. The van der Waals surface area contributed by atoms with Crippen LogP contribution >= 0.6 is 0 Å². The van der Waals surface area contributed by atoms with E-state index in [2.05, 4.69) is 0 Å². The van der Waals surface area contributed by atoms with Crippen LogP contribution in [0.15, 0.2) is 109 Å². The average Bonchev–Trinajstić information content (AvgIpc) is 3.23. The first-order chi connectivity index (χ1) is 28.4. The van der Waals surface area contributed by atoms with E-state index < -0.39 is 72.8 Å². The van der Waals surface area contributed by atoms with Crippen LogP contribution < -0.4 is 14.2 Å². The zero-order valence-electron chi connectivity index (χ0n) is 32.3. The lowest BCUT2D eigenvalue weighted by molar-refractivity contribution is -0.168. The van der Waals surface area contributed by atoms with Gasteiger partial charge in [-0.2, -0.15) is 0 Å². The van der Waals surface area contributed by atoms with Crippen LogP contribution in [0.3, 0.4) is 0 Å². The molecule has 0 aliphatic heterocycles. The highest BCUT2D eigenvalue weighted by molar-refractivity contribution is 6.03. The van der Waals surface area contributed by atoms with Crippen molar-refractivity contribution in [3.8, 4) is 17.2 Å². The Morgan fingerprint density at radius 1 is 0.458 bits per heavy atom. The Bertz CT molecular complexity index is 2590. The molecular weight excluding hydrogens is 760 g/mol. The fourth-order valence-corrected chi connectivity index (χ4v) is 7.38. The molecule has 302 valence electrons. The molecule has 6 aromatic carbocycles. The number of benzene rings is 6. The zero-order chi connectivity index (χ0) is 42.2. The maximum atomic E-state index is 14.3. The Hall–Kier alpha value is -7.28. The lowest BCUT2D eigenvalue weighted by Crippen LogP contribution is -2.28. The number of fused-ring (bicyclic) bond motifs is 3. The van der Waals surface area contributed by atoms with E-state index in [1.54, 1.807) is 97.9 Å². The SMILES string of the molecule is CCOc1ccc(C(CC(=O)OC(=O)C(CC(=O)O)c2ccc(OC)c3ccccc23)C(=O)OC(=O)C(CC(=O)O)c2ccc(OC)c3ccccc23)c2ccccc12. The minimum absolute atomic E-state index is 0.221. The van der Waals surface area contributed by atoms with E-state index in [1.807, 2.05) is 0 Å². The van der Waals surface area contributed by atoms with Gasteiger partial charge in [-0.25, -0.2) is 0 Å². The molecule has 2 N–H and O–H groups in total. The number of esters is 4. The van der Waals surface area contributed by atoms with Gasteiger partial charge >= 0.3 is 35.8 Å². The molecule has 0 saturated heterocycles. The van der Waals surface area contributed by atoms with E-state index in [1.165, 1.54) is 32.4 Å². The number of carboxylic acid groups (broad SMARTS) is 2. The van der Waals surface area contributed by atoms with Gasteiger partial charge in [0.1, 0.15) is 17.2 Å². The Morgan fingerprint density at radius 3 is 1.17 bits per heavy atom. The number of methoxy groups -OCH3 is 2. The van der Waals surface area contributed by atoms with Crippen LogP contribution in [0.25, 0.3) is 32.3 Å². The summed E-state index contributed by atoms with van der Waals surface area (Å²) in [6.07, 6.45) is -2.29. The van der Waals surface area contributed by atoms with Gasteiger partial charge in [0.25, 0.3) is 0 Å². The highest BCUT2D eigenvalue weighted by Crippen LogP contribution is 2.39. The summed E-state index contributed by atoms with van der Waals surface area (Å²) >= 11 is 0. The number of rotatable bonds is 16. The lowest BCUT2D eigenvalue weighted by Gasteiger charge is -2.21. The fraction of sp³-hybridized carbons (Fsp3) is 0.217. The Labute approximate surface area is 338 Å². The van der Waals surface area contributed by atoms with Gasteiger partial charge in [0.15, 0.2) is 0 Å². The van der Waals surface area contributed by atoms with Crippen LogP contribution in [0.2, 0.25) is 0 Å². The molecule has 13 heteroatoms. The molecule has 0 heterocycles. The number of hydrogen-bond donors (Lipinski definition) is 2. The number of hydrogen-bond acceptors (Lipinski definition) is 11. The van der Waals surface area contributed by atoms with Crippen LogP contribution in [0, 0.1) is 0 Å². The molecule has 13 nitrogen and oxygen atoms in total. The lowest BCUT2D eigenvalue weighted by atomic mass is 9.89. The fourth-order valence-electron chi connectivity index (χ4n) is 7.38. The van der Waals surface area contributed by atoms with Crippen molar-refractivity contribution in [2.45, 2.75) is 43.9 Å². The summed E-state index contributed by atoms with van der Waals surface area (Å²) in [4.78, 5) is 80.1. The van der Waals surface area contributed by atoms with Crippen molar-refractivity contribution in [1.29, 1.82) is 0 Å². The van der Waals surface area contributed by atoms with E-state index in [9.17, 15) is 39.0 Å². The quantitative estimate of drug-likeness (QED) is 0.0717. The smallest absolute Gasteiger partial charge is 0.321 e. The number of carboxylic acids is 2. The molecule has 0 radical (unpaired) electrons. The Balaban J connectivity index is 1.36. The topological polar surface area (TPSA) is 189 Å². The van der Waals surface area contributed by atoms with E-state index >= 15 is 0 Å². The molecule has 0 fully saturated rings. The van der Waals surface area contributed by atoms with Gasteiger partial charge in [-0.05, 0) is 58.0 Å². The van der Waals surface area contributed by atoms with Crippen LogP contribution in [-0.2, 0) is 38.2 Å². The van der Waals surface area contributed by atoms with Crippen LogP contribution in [0.4, 0.5) is 0 Å². The number of carbonyl (C=O) groups is 6. The normalized spacial score (nSPS) is 12.6. The maximum Gasteiger partial charge on any atom is 0.321 e. The number of aliphatic carboxylic acids is 2. The Kier molecular flexibility index (Phi) is 12.8. The predicted octanol–water partition coefficient (Wildman–Crippen LogP) is 7.69. The minimum atomic E-state index is -1.57. The molecule has 0 aliphatic rings.